The lowest BCUT2D eigenvalue weighted by atomic mass is 9.98. The van der Waals surface area contributed by atoms with Gasteiger partial charge in [-0.15, -0.1) is 0 Å². The Hall–Kier alpha value is -2.90. The zero-order chi connectivity index (χ0) is 19.8. The number of anilines is 3. The summed E-state index contributed by atoms with van der Waals surface area (Å²) in [4.78, 5) is 26.4. The van der Waals surface area contributed by atoms with E-state index in [0.717, 1.165) is 31.2 Å². The molecule has 0 fully saturated rings. The minimum absolute atomic E-state index is 0.154. The van der Waals surface area contributed by atoms with Crippen molar-refractivity contribution >= 4 is 23.2 Å². The van der Waals surface area contributed by atoms with E-state index in [0.29, 0.717) is 34.4 Å². The highest BCUT2D eigenvalue weighted by Gasteiger charge is 2.40. The summed E-state index contributed by atoms with van der Waals surface area (Å²) in [6.07, 6.45) is 4.71. The van der Waals surface area contributed by atoms with Crippen molar-refractivity contribution in [1.82, 2.24) is 14.5 Å². The molecule has 5 N–H and O–H groups in total. The molecule has 0 atom stereocenters. The molecule has 1 aliphatic rings. The second-order valence-electron chi connectivity index (χ2n) is 7.07. The minimum atomic E-state index is -0.623. The number of aromatic nitrogens is 3. The van der Waals surface area contributed by atoms with Crippen LogP contribution in [-0.4, -0.2) is 20.4 Å². The molecule has 3 rings (SSSR count). The van der Waals surface area contributed by atoms with Crippen molar-refractivity contribution in [1.29, 1.82) is 0 Å². The molecule has 144 valence electrons. The van der Waals surface area contributed by atoms with Crippen LogP contribution in [0.3, 0.4) is 0 Å². The number of rotatable bonds is 6. The maximum absolute atomic E-state index is 13.4. The van der Waals surface area contributed by atoms with Gasteiger partial charge in [0.2, 0.25) is 0 Å². The fourth-order valence-corrected chi connectivity index (χ4v) is 3.85. The number of nitrogens with one attached hydrogen (secondary N) is 1. The number of nitrogen functional groups attached to an aromatic ring is 1. The number of hydrogen-bond acceptors (Lipinski definition) is 7. The van der Waals surface area contributed by atoms with Crippen LogP contribution in [0, 0.1) is 13.8 Å². The Bertz CT molecular complexity index is 955. The maximum atomic E-state index is 13.4. The molecule has 27 heavy (non-hydrogen) atoms. The third-order valence-corrected chi connectivity index (χ3v) is 5.06. The average Bonchev–Trinajstić information content (AvgIpc) is 2.90. The first-order valence-corrected chi connectivity index (χ1v) is 9.31. The van der Waals surface area contributed by atoms with Gasteiger partial charge in [0.05, 0.1) is 5.69 Å². The number of amidine groups is 1. The molecular weight excluding hydrogens is 342 g/mol. The van der Waals surface area contributed by atoms with E-state index >= 15 is 0 Å². The topological polar surface area (TPSA) is 124 Å². The lowest BCUT2D eigenvalue weighted by Gasteiger charge is -2.29. The number of nitrogens with zero attached hydrogens (tertiary/aromatic N) is 4. The van der Waals surface area contributed by atoms with Crippen LogP contribution >= 0.6 is 0 Å². The fraction of sp³-hybridized carbons (Fsp3) is 0.474. The molecule has 0 saturated heterocycles. The van der Waals surface area contributed by atoms with Crippen LogP contribution < -0.4 is 22.3 Å². The van der Waals surface area contributed by atoms with Crippen LogP contribution in [0.2, 0.25) is 0 Å². The van der Waals surface area contributed by atoms with Crippen molar-refractivity contribution < 1.29 is 0 Å². The normalized spacial score (nSPS) is 14.7. The SMILES string of the molecule is CCCC1(CCC)N=C(N)c2c(C)cc(Nc3ncnc(N)c3C)c(=O)n21. The molecule has 3 heterocycles. The number of nitrogens with two attached hydrogens (primary N) is 2. The van der Waals surface area contributed by atoms with Crippen molar-refractivity contribution in [2.24, 2.45) is 10.7 Å². The number of aryl methyl sites for hydroxylation is 1. The maximum Gasteiger partial charge on any atom is 0.276 e. The van der Waals surface area contributed by atoms with Crippen LogP contribution in [0.25, 0.3) is 0 Å². The fourth-order valence-electron chi connectivity index (χ4n) is 3.85. The first-order valence-electron chi connectivity index (χ1n) is 9.31. The third-order valence-electron chi connectivity index (χ3n) is 5.06. The molecule has 2 aromatic rings. The summed E-state index contributed by atoms with van der Waals surface area (Å²) in [6, 6.07) is 1.79. The summed E-state index contributed by atoms with van der Waals surface area (Å²) in [5.74, 6) is 1.33. The quantitative estimate of drug-likeness (QED) is 0.719. The van der Waals surface area contributed by atoms with E-state index in [9.17, 15) is 4.79 Å². The van der Waals surface area contributed by atoms with Crippen LogP contribution in [-0.2, 0) is 5.66 Å². The Morgan fingerprint density at radius 1 is 1.15 bits per heavy atom. The molecule has 0 amide bonds. The summed E-state index contributed by atoms with van der Waals surface area (Å²) in [5.41, 5.74) is 14.1. The van der Waals surface area contributed by atoms with Crippen LogP contribution in [0.1, 0.15) is 56.4 Å². The monoisotopic (exact) mass is 369 g/mol. The van der Waals surface area contributed by atoms with E-state index in [2.05, 4.69) is 29.1 Å². The zero-order valence-corrected chi connectivity index (χ0v) is 16.3. The first kappa shape index (κ1) is 18.9. The molecule has 0 unspecified atom stereocenters. The zero-order valence-electron chi connectivity index (χ0n) is 16.3. The van der Waals surface area contributed by atoms with Gasteiger partial charge in [0, 0.05) is 5.56 Å². The van der Waals surface area contributed by atoms with Crippen molar-refractivity contribution in [2.45, 2.75) is 59.0 Å². The molecule has 0 radical (unpaired) electrons. The second kappa shape index (κ2) is 7.02. The summed E-state index contributed by atoms with van der Waals surface area (Å²) >= 11 is 0. The lowest BCUT2D eigenvalue weighted by molar-refractivity contribution is 0.252. The van der Waals surface area contributed by atoms with E-state index in [1.54, 1.807) is 10.6 Å². The Balaban J connectivity index is 2.18. The predicted molar refractivity (Wildman–Crippen MR) is 108 cm³/mol. The van der Waals surface area contributed by atoms with Crippen molar-refractivity contribution in [3.05, 3.63) is 39.6 Å². The van der Waals surface area contributed by atoms with E-state index in [1.807, 2.05) is 13.8 Å². The first-order chi connectivity index (χ1) is 12.8. The molecular formula is C19H27N7O. The van der Waals surface area contributed by atoms with Gasteiger partial charge in [-0.1, -0.05) is 26.7 Å². The summed E-state index contributed by atoms with van der Waals surface area (Å²) < 4.78 is 1.77. The molecule has 1 aliphatic heterocycles. The van der Waals surface area contributed by atoms with Crippen molar-refractivity contribution in [3.63, 3.8) is 0 Å². The Morgan fingerprint density at radius 3 is 2.44 bits per heavy atom. The van der Waals surface area contributed by atoms with Crippen LogP contribution in [0.15, 0.2) is 22.2 Å². The van der Waals surface area contributed by atoms with E-state index < -0.39 is 5.66 Å². The number of fused-ring (bicyclic) bond motifs is 1. The molecule has 2 aromatic heterocycles. The highest BCUT2D eigenvalue weighted by atomic mass is 16.1. The van der Waals surface area contributed by atoms with Crippen molar-refractivity contribution in [2.75, 3.05) is 11.1 Å². The van der Waals surface area contributed by atoms with Crippen LogP contribution in [0.4, 0.5) is 17.3 Å². The molecule has 8 heteroatoms. The highest BCUT2D eigenvalue weighted by molar-refractivity contribution is 5.99. The van der Waals surface area contributed by atoms with Gasteiger partial charge in [-0.05, 0) is 38.3 Å². The van der Waals surface area contributed by atoms with Gasteiger partial charge in [0.25, 0.3) is 5.56 Å². The largest absolute Gasteiger partial charge is 0.383 e. The Labute approximate surface area is 158 Å². The average molecular weight is 369 g/mol. The van der Waals surface area contributed by atoms with Gasteiger partial charge in [0.15, 0.2) is 0 Å². The van der Waals surface area contributed by atoms with Gasteiger partial charge in [-0.25, -0.2) is 15.0 Å². The lowest BCUT2D eigenvalue weighted by Crippen LogP contribution is -2.39. The number of aliphatic imine (C=N–C) groups is 1. The van der Waals surface area contributed by atoms with Gasteiger partial charge < -0.3 is 16.8 Å². The Morgan fingerprint density at radius 2 is 1.81 bits per heavy atom. The molecule has 0 spiro atoms. The number of hydrogen-bond donors (Lipinski definition) is 3. The Kier molecular flexibility index (Phi) is 4.91. The molecule has 0 bridgehead atoms. The standard InChI is InChI=1S/C19H27N7O/c1-5-7-19(8-6-2)25-16(21)14-11(3)9-13(18(27)26(14)19)24-17-12(4)15(20)22-10-23-17/h9-10H,5-8H2,1-4H3,(H2,21,25)(H3,20,22,23,24). The smallest absolute Gasteiger partial charge is 0.276 e. The van der Waals surface area contributed by atoms with E-state index in [1.165, 1.54) is 6.33 Å². The van der Waals surface area contributed by atoms with E-state index in [4.69, 9.17) is 16.5 Å². The second-order valence-corrected chi connectivity index (χ2v) is 7.07. The molecule has 8 nitrogen and oxygen atoms in total. The summed E-state index contributed by atoms with van der Waals surface area (Å²) in [7, 11) is 0. The molecule has 0 aromatic carbocycles. The van der Waals surface area contributed by atoms with Gasteiger partial charge >= 0.3 is 0 Å². The van der Waals surface area contributed by atoms with E-state index in [-0.39, 0.29) is 5.56 Å². The van der Waals surface area contributed by atoms with Gasteiger partial charge in [0.1, 0.15) is 35.1 Å². The van der Waals surface area contributed by atoms with Gasteiger partial charge in [-0.3, -0.25) is 9.36 Å². The number of pyridine rings is 1. The summed E-state index contributed by atoms with van der Waals surface area (Å²) in [6.45, 7) is 7.94. The minimum Gasteiger partial charge on any atom is -0.383 e. The van der Waals surface area contributed by atoms with Gasteiger partial charge in [-0.2, -0.15) is 0 Å². The van der Waals surface area contributed by atoms with Crippen LogP contribution in [0.5, 0.6) is 0 Å². The van der Waals surface area contributed by atoms with Crippen molar-refractivity contribution in [3.8, 4) is 0 Å². The summed E-state index contributed by atoms with van der Waals surface area (Å²) in [5, 5.41) is 3.13. The highest BCUT2D eigenvalue weighted by Crippen LogP contribution is 2.36. The third kappa shape index (κ3) is 3.05. The molecule has 0 aliphatic carbocycles. The molecule has 0 saturated carbocycles. The predicted octanol–water partition coefficient (Wildman–Crippen LogP) is 2.55.